The second kappa shape index (κ2) is 6.52. The molecule has 2 N–H and O–H groups in total. The van der Waals surface area contributed by atoms with Gasteiger partial charge in [0.1, 0.15) is 0 Å². The van der Waals surface area contributed by atoms with Crippen molar-refractivity contribution in [3.63, 3.8) is 0 Å². The van der Waals surface area contributed by atoms with Gasteiger partial charge in [-0.25, -0.2) is 0 Å². The third kappa shape index (κ3) is 4.06. The number of hydrogen-bond acceptors (Lipinski definition) is 2. The molecular formula is C15H20N4S. The van der Waals surface area contributed by atoms with Gasteiger partial charge >= 0.3 is 0 Å². The van der Waals surface area contributed by atoms with Crippen molar-refractivity contribution in [2.24, 2.45) is 7.05 Å². The number of aromatic nitrogens is 2. The van der Waals surface area contributed by atoms with Gasteiger partial charge in [-0.05, 0) is 35.8 Å². The van der Waals surface area contributed by atoms with Crippen LogP contribution in [0.4, 0.5) is 5.69 Å². The number of benzene rings is 1. The van der Waals surface area contributed by atoms with Crippen LogP contribution in [0.15, 0.2) is 36.7 Å². The van der Waals surface area contributed by atoms with Gasteiger partial charge in [-0.15, -0.1) is 0 Å². The molecular weight excluding hydrogens is 268 g/mol. The highest BCUT2D eigenvalue weighted by atomic mass is 32.1. The minimum absolute atomic E-state index is 0.541. The second-order valence-corrected chi connectivity index (χ2v) is 5.51. The molecule has 2 rings (SSSR count). The molecule has 1 aromatic carbocycles. The van der Waals surface area contributed by atoms with Crippen LogP contribution < -0.4 is 10.6 Å². The number of thiocarbonyl (C=S) groups is 1. The molecule has 5 heteroatoms. The lowest BCUT2D eigenvalue weighted by Gasteiger charge is -2.11. The lowest BCUT2D eigenvalue weighted by atomic mass is 10.0. The Labute approximate surface area is 125 Å². The Balaban J connectivity index is 1.84. The van der Waals surface area contributed by atoms with E-state index >= 15 is 0 Å². The van der Waals surface area contributed by atoms with Gasteiger partial charge in [0, 0.05) is 31.0 Å². The summed E-state index contributed by atoms with van der Waals surface area (Å²) in [5.74, 6) is 0.541. The van der Waals surface area contributed by atoms with Crippen LogP contribution >= 0.6 is 12.2 Å². The van der Waals surface area contributed by atoms with E-state index in [2.05, 4.69) is 41.7 Å². The Kier molecular flexibility index (Phi) is 4.74. The van der Waals surface area contributed by atoms with Crippen molar-refractivity contribution < 1.29 is 0 Å². The summed E-state index contributed by atoms with van der Waals surface area (Å²) in [5, 5.41) is 11.1. The van der Waals surface area contributed by atoms with Crippen molar-refractivity contribution in [2.75, 3.05) is 5.32 Å². The van der Waals surface area contributed by atoms with Crippen molar-refractivity contribution in [3.8, 4) is 0 Å². The van der Waals surface area contributed by atoms with Crippen LogP contribution in [0.1, 0.15) is 30.9 Å². The molecule has 0 aliphatic heterocycles. The maximum atomic E-state index is 5.28. The van der Waals surface area contributed by atoms with Crippen molar-refractivity contribution in [2.45, 2.75) is 26.3 Å². The summed E-state index contributed by atoms with van der Waals surface area (Å²) in [6.07, 6.45) is 3.79. The summed E-state index contributed by atoms with van der Waals surface area (Å²) in [6.45, 7) is 5.04. The minimum atomic E-state index is 0.541. The van der Waals surface area contributed by atoms with E-state index in [0.717, 1.165) is 11.3 Å². The number of nitrogens with zero attached hydrogens (tertiary/aromatic N) is 2. The fourth-order valence-electron chi connectivity index (χ4n) is 1.87. The lowest BCUT2D eigenvalue weighted by Crippen LogP contribution is -2.27. The van der Waals surface area contributed by atoms with Crippen LogP contribution in [0.2, 0.25) is 0 Å². The average molecular weight is 288 g/mol. The predicted octanol–water partition coefficient (Wildman–Crippen LogP) is 3.03. The zero-order chi connectivity index (χ0) is 14.5. The molecule has 1 heterocycles. The SMILES string of the molecule is CC(C)c1ccc(NC(=S)NCc2cnn(C)c2)cc1. The molecule has 4 nitrogen and oxygen atoms in total. The third-order valence-corrected chi connectivity index (χ3v) is 3.29. The van der Waals surface area contributed by atoms with Crippen LogP contribution in [-0.2, 0) is 13.6 Å². The quantitative estimate of drug-likeness (QED) is 0.849. The molecule has 2 aromatic rings. The Morgan fingerprint density at radius 3 is 2.55 bits per heavy atom. The zero-order valence-electron chi connectivity index (χ0n) is 12.1. The smallest absolute Gasteiger partial charge is 0.171 e. The normalized spacial score (nSPS) is 10.6. The Morgan fingerprint density at radius 2 is 2.00 bits per heavy atom. The molecule has 0 atom stereocenters. The van der Waals surface area contributed by atoms with Gasteiger partial charge in [-0.3, -0.25) is 4.68 Å². The van der Waals surface area contributed by atoms with E-state index in [0.29, 0.717) is 17.6 Å². The molecule has 0 saturated carbocycles. The van der Waals surface area contributed by atoms with Gasteiger partial charge in [0.05, 0.1) is 6.20 Å². The fourth-order valence-corrected chi connectivity index (χ4v) is 2.06. The summed E-state index contributed by atoms with van der Waals surface area (Å²) < 4.78 is 1.78. The van der Waals surface area contributed by atoms with Gasteiger partial charge in [-0.2, -0.15) is 5.10 Å². The maximum Gasteiger partial charge on any atom is 0.171 e. The molecule has 0 saturated heterocycles. The monoisotopic (exact) mass is 288 g/mol. The van der Waals surface area contributed by atoms with E-state index < -0.39 is 0 Å². The summed E-state index contributed by atoms with van der Waals surface area (Å²) >= 11 is 5.28. The number of nitrogens with one attached hydrogen (secondary N) is 2. The van der Waals surface area contributed by atoms with Crippen molar-refractivity contribution in [3.05, 3.63) is 47.8 Å². The average Bonchev–Trinajstić information content (AvgIpc) is 2.83. The summed E-state index contributed by atoms with van der Waals surface area (Å²) in [4.78, 5) is 0. The molecule has 0 aliphatic carbocycles. The topological polar surface area (TPSA) is 41.9 Å². The number of anilines is 1. The molecule has 0 amide bonds. The first kappa shape index (κ1) is 14.5. The second-order valence-electron chi connectivity index (χ2n) is 5.11. The van der Waals surface area contributed by atoms with Gasteiger partial charge in [0.15, 0.2) is 5.11 Å². The standard InChI is InChI=1S/C15H20N4S/c1-11(2)13-4-6-14(7-5-13)18-15(20)16-8-12-9-17-19(3)10-12/h4-7,9-11H,8H2,1-3H3,(H2,16,18,20). The van der Waals surface area contributed by atoms with Crippen LogP contribution in [-0.4, -0.2) is 14.9 Å². The van der Waals surface area contributed by atoms with E-state index in [1.807, 2.05) is 31.6 Å². The van der Waals surface area contributed by atoms with E-state index in [4.69, 9.17) is 12.2 Å². The lowest BCUT2D eigenvalue weighted by molar-refractivity contribution is 0.766. The van der Waals surface area contributed by atoms with E-state index in [-0.39, 0.29) is 0 Å². The van der Waals surface area contributed by atoms with E-state index in [9.17, 15) is 0 Å². The first-order valence-corrected chi connectivity index (χ1v) is 7.08. The molecule has 0 spiro atoms. The molecule has 20 heavy (non-hydrogen) atoms. The van der Waals surface area contributed by atoms with E-state index in [1.165, 1.54) is 5.56 Å². The Bertz CT molecular complexity index is 572. The highest BCUT2D eigenvalue weighted by molar-refractivity contribution is 7.80. The van der Waals surface area contributed by atoms with Crippen molar-refractivity contribution >= 4 is 23.0 Å². The number of rotatable bonds is 4. The highest BCUT2D eigenvalue weighted by Crippen LogP contribution is 2.16. The van der Waals surface area contributed by atoms with Gasteiger partial charge in [0.2, 0.25) is 0 Å². The molecule has 1 aromatic heterocycles. The summed E-state index contributed by atoms with van der Waals surface area (Å²) in [5.41, 5.74) is 3.43. The van der Waals surface area contributed by atoms with Crippen LogP contribution in [0.3, 0.4) is 0 Å². The zero-order valence-corrected chi connectivity index (χ0v) is 12.9. The highest BCUT2D eigenvalue weighted by Gasteiger charge is 2.01. The van der Waals surface area contributed by atoms with Crippen LogP contribution in [0.25, 0.3) is 0 Å². The molecule has 106 valence electrons. The Hall–Kier alpha value is -1.88. The van der Waals surface area contributed by atoms with E-state index in [1.54, 1.807) is 4.68 Å². The third-order valence-electron chi connectivity index (χ3n) is 3.05. The molecule has 0 fully saturated rings. The van der Waals surface area contributed by atoms with Crippen molar-refractivity contribution in [1.29, 1.82) is 0 Å². The Morgan fingerprint density at radius 1 is 1.30 bits per heavy atom. The fraction of sp³-hybridized carbons (Fsp3) is 0.333. The minimum Gasteiger partial charge on any atom is -0.358 e. The first-order chi connectivity index (χ1) is 9.54. The number of hydrogen-bond donors (Lipinski definition) is 2. The molecule has 0 radical (unpaired) electrons. The molecule has 0 aliphatic rings. The first-order valence-electron chi connectivity index (χ1n) is 6.67. The van der Waals surface area contributed by atoms with Gasteiger partial charge < -0.3 is 10.6 Å². The largest absolute Gasteiger partial charge is 0.358 e. The van der Waals surface area contributed by atoms with Crippen LogP contribution in [0, 0.1) is 0 Å². The summed E-state index contributed by atoms with van der Waals surface area (Å²) in [6, 6.07) is 8.34. The van der Waals surface area contributed by atoms with Crippen molar-refractivity contribution in [1.82, 2.24) is 15.1 Å². The van der Waals surface area contributed by atoms with Crippen LogP contribution in [0.5, 0.6) is 0 Å². The predicted molar refractivity (Wildman–Crippen MR) is 86.8 cm³/mol. The van der Waals surface area contributed by atoms with Gasteiger partial charge in [0.25, 0.3) is 0 Å². The maximum absolute atomic E-state index is 5.28. The molecule has 0 unspecified atom stereocenters. The van der Waals surface area contributed by atoms with Gasteiger partial charge in [-0.1, -0.05) is 26.0 Å². The molecule has 0 bridgehead atoms. The number of aryl methyl sites for hydroxylation is 1. The summed E-state index contributed by atoms with van der Waals surface area (Å²) in [7, 11) is 1.90.